The minimum absolute atomic E-state index is 0.00130. The minimum Gasteiger partial charge on any atom is -0.414 e. The molecular formula is C37H66N2O7Si3. The molecule has 0 amide bonds. The van der Waals surface area contributed by atoms with Crippen LogP contribution in [0.5, 0.6) is 0 Å². The Morgan fingerprint density at radius 3 is 1.80 bits per heavy atom. The summed E-state index contributed by atoms with van der Waals surface area (Å²) in [4.78, 5) is 29.4. The molecule has 1 aromatic heterocycles. The van der Waals surface area contributed by atoms with E-state index in [2.05, 4.69) is 107 Å². The molecule has 1 aromatic carbocycles. The van der Waals surface area contributed by atoms with Gasteiger partial charge in [-0.25, -0.2) is 4.79 Å². The van der Waals surface area contributed by atoms with Crippen molar-refractivity contribution < 1.29 is 22.8 Å². The SMILES string of the molecule is CCC(OCc1cn([C@@H]2O[C@H](CO[Si](C)(C)C(C)(C)C)[C@@H](O[Si](C)(C)C(C)(C)C)[C@H]2O[Si](C)(C)C(C)(C)C)c(=O)[nH]c1=O)c1ccccc1. The Labute approximate surface area is 298 Å². The average molecular weight is 735 g/mol. The van der Waals surface area contributed by atoms with Crippen molar-refractivity contribution in [2.75, 3.05) is 6.61 Å². The van der Waals surface area contributed by atoms with E-state index in [1.165, 1.54) is 4.57 Å². The van der Waals surface area contributed by atoms with Gasteiger partial charge in [0, 0.05) is 6.20 Å². The van der Waals surface area contributed by atoms with Gasteiger partial charge in [-0.2, -0.15) is 0 Å². The van der Waals surface area contributed by atoms with Crippen molar-refractivity contribution in [2.24, 2.45) is 0 Å². The van der Waals surface area contributed by atoms with Crippen LogP contribution < -0.4 is 11.2 Å². The maximum Gasteiger partial charge on any atom is 0.330 e. The highest BCUT2D eigenvalue weighted by Gasteiger charge is 2.55. The lowest BCUT2D eigenvalue weighted by Gasteiger charge is -2.44. The van der Waals surface area contributed by atoms with E-state index in [-0.39, 0.29) is 27.8 Å². The van der Waals surface area contributed by atoms with Gasteiger partial charge >= 0.3 is 5.69 Å². The van der Waals surface area contributed by atoms with Crippen molar-refractivity contribution in [3.8, 4) is 0 Å². The van der Waals surface area contributed by atoms with Crippen molar-refractivity contribution in [2.45, 2.75) is 167 Å². The molecular weight excluding hydrogens is 669 g/mol. The second-order valence-corrected chi connectivity index (χ2v) is 32.6. The summed E-state index contributed by atoms with van der Waals surface area (Å²) < 4.78 is 35.8. The number of H-pyrrole nitrogens is 1. The van der Waals surface area contributed by atoms with E-state index in [1.807, 2.05) is 37.3 Å². The molecule has 0 saturated carbocycles. The molecule has 1 saturated heterocycles. The van der Waals surface area contributed by atoms with E-state index in [0.717, 1.165) is 12.0 Å². The Bertz CT molecular complexity index is 1500. The quantitative estimate of drug-likeness (QED) is 0.205. The average Bonchev–Trinajstić information content (AvgIpc) is 3.27. The van der Waals surface area contributed by atoms with E-state index in [9.17, 15) is 9.59 Å². The predicted octanol–water partition coefficient (Wildman–Crippen LogP) is 8.90. The molecule has 1 fully saturated rings. The van der Waals surface area contributed by atoms with Gasteiger partial charge in [-0.15, -0.1) is 0 Å². The van der Waals surface area contributed by atoms with Crippen molar-refractivity contribution in [1.82, 2.24) is 9.55 Å². The fraction of sp³-hybridized carbons (Fsp3) is 0.730. The maximum atomic E-state index is 13.7. The first-order valence-corrected chi connectivity index (χ1v) is 26.6. The molecule has 9 nitrogen and oxygen atoms in total. The Morgan fingerprint density at radius 1 is 0.796 bits per heavy atom. The van der Waals surface area contributed by atoms with Crippen molar-refractivity contribution in [1.29, 1.82) is 0 Å². The maximum absolute atomic E-state index is 13.7. The van der Waals surface area contributed by atoms with Crippen LogP contribution in [0.1, 0.15) is 99.1 Å². The van der Waals surface area contributed by atoms with Crippen LogP contribution >= 0.6 is 0 Å². The van der Waals surface area contributed by atoms with Gasteiger partial charge in [-0.05, 0) is 66.4 Å². The second-order valence-electron chi connectivity index (χ2n) is 18.3. The number of aromatic nitrogens is 2. The Morgan fingerprint density at radius 2 is 1.31 bits per heavy atom. The zero-order valence-electron chi connectivity index (χ0n) is 33.3. The number of nitrogens with zero attached hydrogens (tertiary/aromatic N) is 1. The Hall–Kier alpha value is -1.65. The summed E-state index contributed by atoms with van der Waals surface area (Å²) in [6.07, 6.45) is -0.332. The lowest BCUT2D eigenvalue weighted by atomic mass is 10.1. The van der Waals surface area contributed by atoms with Crippen LogP contribution in [0.4, 0.5) is 0 Å². The molecule has 3 rings (SSSR count). The summed E-state index contributed by atoms with van der Waals surface area (Å²) in [7, 11) is -6.96. The largest absolute Gasteiger partial charge is 0.414 e. The van der Waals surface area contributed by atoms with Crippen LogP contribution in [-0.2, 0) is 29.4 Å². The third kappa shape index (κ3) is 9.82. The first kappa shape index (κ1) is 41.8. The molecule has 0 spiro atoms. The van der Waals surface area contributed by atoms with Gasteiger partial charge in [0.2, 0.25) is 0 Å². The number of rotatable bonds is 13. The zero-order valence-corrected chi connectivity index (χ0v) is 36.3. The number of hydrogen-bond donors (Lipinski definition) is 1. The fourth-order valence-corrected chi connectivity index (χ4v) is 8.62. The topological polar surface area (TPSA) is 101 Å². The molecule has 1 aliphatic rings. The van der Waals surface area contributed by atoms with Gasteiger partial charge in [0.1, 0.15) is 18.3 Å². The summed E-state index contributed by atoms with van der Waals surface area (Å²) in [6, 6.07) is 9.95. The van der Waals surface area contributed by atoms with E-state index >= 15 is 0 Å². The second kappa shape index (κ2) is 15.1. The van der Waals surface area contributed by atoms with E-state index in [1.54, 1.807) is 6.20 Å². The predicted molar refractivity (Wildman–Crippen MR) is 207 cm³/mol. The van der Waals surface area contributed by atoms with Crippen LogP contribution in [-0.4, -0.2) is 59.4 Å². The highest BCUT2D eigenvalue weighted by Crippen LogP contribution is 2.46. The number of ether oxygens (including phenoxy) is 2. The van der Waals surface area contributed by atoms with Crippen LogP contribution in [0.25, 0.3) is 0 Å². The summed E-state index contributed by atoms with van der Waals surface area (Å²) in [5, 5.41) is -0.194. The third-order valence-corrected chi connectivity index (χ3v) is 24.9. The first-order valence-electron chi connectivity index (χ1n) is 17.9. The molecule has 1 unspecified atom stereocenters. The molecule has 278 valence electrons. The number of aromatic amines is 1. The normalized spacial score (nSPS) is 22.0. The van der Waals surface area contributed by atoms with Crippen molar-refractivity contribution in [3.63, 3.8) is 0 Å². The van der Waals surface area contributed by atoms with Gasteiger partial charge in [-0.3, -0.25) is 14.3 Å². The van der Waals surface area contributed by atoms with Gasteiger partial charge in [0.15, 0.2) is 31.2 Å². The lowest BCUT2D eigenvalue weighted by Crippen LogP contribution is -2.55. The summed E-state index contributed by atoms with van der Waals surface area (Å²) >= 11 is 0. The smallest absolute Gasteiger partial charge is 0.330 e. The molecule has 0 radical (unpaired) electrons. The standard InChI is InChI=1S/C37H66N2O7Si3/c1-17-28(26-21-19-18-20-22-26)42-24-27-23-39(34(41)38-32(27)40)33-31(46-49(15,16)37(8,9)10)30(45-48(13,14)36(5,6)7)29(44-33)25-43-47(11,12)35(2,3)4/h18-23,28-31,33H,17,24-25H2,1-16H3,(H,38,40,41)/t28?,29-,30-,31-,33-/m1/s1. The Balaban J connectivity index is 2.14. The van der Waals surface area contributed by atoms with Crippen LogP contribution in [0.15, 0.2) is 46.1 Å². The molecule has 0 bridgehead atoms. The molecule has 49 heavy (non-hydrogen) atoms. The third-order valence-electron chi connectivity index (χ3n) is 11.5. The van der Waals surface area contributed by atoms with Gasteiger partial charge in [-0.1, -0.05) is 99.6 Å². The number of nitrogens with one attached hydrogen (secondary N) is 1. The Kier molecular flexibility index (Phi) is 12.9. The molecule has 12 heteroatoms. The minimum atomic E-state index is -2.43. The summed E-state index contributed by atoms with van der Waals surface area (Å²) in [6.45, 7) is 35.6. The summed E-state index contributed by atoms with van der Waals surface area (Å²) in [5.74, 6) is 0. The van der Waals surface area contributed by atoms with Gasteiger partial charge in [0.05, 0.1) is 24.9 Å². The molecule has 1 aliphatic heterocycles. The molecule has 0 aliphatic carbocycles. The molecule has 5 atom stereocenters. The van der Waals surface area contributed by atoms with Crippen LogP contribution in [0.3, 0.4) is 0 Å². The number of hydrogen-bond acceptors (Lipinski definition) is 7. The molecule has 1 N–H and O–H groups in total. The van der Waals surface area contributed by atoms with Crippen molar-refractivity contribution in [3.05, 3.63) is 68.5 Å². The highest BCUT2D eigenvalue weighted by atomic mass is 28.4. The molecule has 2 heterocycles. The van der Waals surface area contributed by atoms with Gasteiger partial charge in [0.25, 0.3) is 5.56 Å². The van der Waals surface area contributed by atoms with Crippen LogP contribution in [0.2, 0.25) is 54.4 Å². The summed E-state index contributed by atoms with van der Waals surface area (Å²) in [5.41, 5.74) is 0.337. The van der Waals surface area contributed by atoms with Gasteiger partial charge < -0.3 is 22.8 Å². The zero-order chi connectivity index (χ0) is 37.4. The van der Waals surface area contributed by atoms with E-state index in [0.29, 0.717) is 12.2 Å². The van der Waals surface area contributed by atoms with Crippen molar-refractivity contribution >= 4 is 25.0 Å². The van der Waals surface area contributed by atoms with E-state index < -0.39 is 60.7 Å². The lowest BCUT2D eigenvalue weighted by molar-refractivity contribution is -0.0514. The highest BCUT2D eigenvalue weighted by molar-refractivity contribution is 6.75. The monoisotopic (exact) mass is 734 g/mol. The number of benzene rings is 1. The van der Waals surface area contributed by atoms with E-state index in [4.69, 9.17) is 22.8 Å². The van der Waals surface area contributed by atoms with Crippen LogP contribution in [0, 0.1) is 0 Å². The molecule has 2 aromatic rings. The first-order chi connectivity index (χ1) is 22.2. The fourth-order valence-electron chi connectivity index (χ4n) is 5.00.